The molecule has 0 saturated heterocycles. The van der Waals surface area contributed by atoms with E-state index in [1.54, 1.807) is 19.2 Å². The van der Waals surface area contributed by atoms with Gasteiger partial charge in [-0.25, -0.2) is 0 Å². The molecule has 0 radical (unpaired) electrons. The molecule has 0 spiro atoms. The number of aliphatic hydroxyl groups is 1. The van der Waals surface area contributed by atoms with E-state index >= 15 is 0 Å². The van der Waals surface area contributed by atoms with Crippen LogP contribution in [0.3, 0.4) is 0 Å². The quantitative estimate of drug-likeness (QED) is 0.794. The maximum absolute atomic E-state index is 11.9. The zero-order valence-corrected chi connectivity index (χ0v) is 11.4. The Hall–Kier alpha value is -1.40. The molecule has 2 N–H and O–H groups in total. The lowest BCUT2D eigenvalue weighted by Crippen LogP contribution is -2.39. The molecule has 0 bridgehead atoms. The monoisotopic (exact) mass is 270 g/mol. The van der Waals surface area contributed by atoms with Gasteiger partial charge in [-0.2, -0.15) is 0 Å². The molecule has 0 aliphatic rings. The van der Waals surface area contributed by atoms with Crippen LogP contribution in [0, 0.1) is 5.92 Å². The number of nitrogens with zero attached hydrogens (tertiary/aromatic N) is 1. The van der Waals surface area contributed by atoms with Crippen LogP contribution in [-0.2, 0) is 4.79 Å². The molecule has 1 unspecified atom stereocenters. The summed E-state index contributed by atoms with van der Waals surface area (Å²) >= 11 is 1.35. The van der Waals surface area contributed by atoms with E-state index in [1.807, 2.05) is 12.3 Å². The van der Waals surface area contributed by atoms with Gasteiger partial charge >= 0.3 is 0 Å². The summed E-state index contributed by atoms with van der Waals surface area (Å²) in [6.45, 7) is 2.30. The highest BCUT2D eigenvalue weighted by atomic mass is 32.1. The lowest BCUT2D eigenvalue weighted by atomic mass is 10.2. The predicted molar refractivity (Wildman–Crippen MR) is 70.5 cm³/mol. The molecule has 1 heterocycles. The van der Waals surface area contributed by atoms with Gasteiger partial charge in [0, 0.05) is 20.2 Å². The number of likely N-dealkylation sites (N-methyl/N-ethyl adjacent to an activating group) is 1. The lowest BCUT2D eigenvalue weighted by Gasteiger charge is -2.16. The van der Waals surface area contributed by atoms with Crippen LogP contribution in [0.2, 0.25) is 0 Å². The number of carbonyl (C=O) groups is 2. The zero-order valence-electron chi connectivity index (χ0n) is 10.5. The fourth-order valence-electron chi connectivity index (χ4n) is 1.28. The first kappa shape index (κ1) is 14.7. The van der Waals surface area contributed by atoms with Crippen LogP contribution in [0.15, 0.2) is 17.5 Å². The second kappa shape index (κ2) is 7.13. The minimum atomic E-state index is -0.220. The molecule has 2 amide bonds. The van der Waals surface area contributed by atoms with Crippen LogP contribution >= 0.6 is 11.3 Å². The minimum absolute atomic E-state index is 0.0206. The normalized spacial score (nSPS) is 11.9. The summed E-state index contributed by atoms with van der Waals surface area (Å²) in [5, 5.41) is 13.3. The first-order valence-electron chi connectivity index (χ1n) is 5.71. The smallest absolute Gasteiger partial charge is 0.264 e. The number of hydrogen-bond acceptors (Lipinski definition) is 4. The van der Waals surface area contributed by atoms with Gasteiger partial charge < -0.3 is 15.3 Å². The molecule has 1 rings (SSSR count). The first-order valence-corrected chi connectivity index (χ1v) is 6.59. The average Bonchev–Trinajstić information content (AvgIpc) is 2.88. The first-order chi connectivity index (χ1) is 8.54. The summed E-state index contributed by atoms with van der Waals surface area (Å²) in [5.74, 6) is -0.356. The fourth-order valence-corrected chi connectivity index (χ4v) is 2.00. The van der Waals surface area contributed by atoms with E-state index in [0.717, 1.165) is 0 Å². The molecule has 5 nitrogen and oxygen atoms in total. The molecule has 0 saturated carbocycles. The van der Waals surface area contributed by atoms with Crippen LogP contribution in [-0.4, -0.2) is 48.6 Å². The fraction of sp³-hybridized carbons (Fsp3) is 0.500. The molecule has 1 aromatic heterocycles. The van der Waals surface area contributed by atoms with Gasteiger partial charge in [0.1, 0.15) is 0 Å². The SMILES string of the molecule is CC(CO)CNC(=O)CN(C)C(=O)c1cccs1. The van der Waals surface area contributed by atoms with Crippen LogP contribution in [0.4, 0.5) is 0 Å². The van der Waals surface area contributed by atoms with Crippen molar-refractivity contribution in [1.29, 1.82) is 0 Å². The van der Waals surface area contributed by atoms with Crippen LogP contribution in [0.5, 0.6) is 0 Å². The molecule has 6 heteroatoms. The van der Waals surface area contributed by atoms with Crippen molar-refractivity contribution in [3.05, 3.63) is 22.4 Å². The maximum Gasteiger partial charge on any atom is 0.264 e. The highest BCUT2D eigenvalue weighted by Gasteiger charge is 2.15. The highest BCUT2D eigenvalue weighted by Crippen LogP contribution is 2.10. The lowest BCUT2D eigenvalue weighted by molar-refractivity contribution is -0.121. The van der Waals surface area contributed by atoms with Gasteiger partial charge in [-0.15, -0.1) is 11.3 Å². The van der Waals surface area contributed by atoms with Crippen molar-refractivity contribution < 1.29 is 14.7 Å². The van der Waals surface area contributed by atoms with E-state index in [-0.39, 0.29) is 30.9 Å². The third-order valence-electron chi connectivity index (χ3n) is 2.42. The Morgan fingerprint density at radius 3 is 2.83 bits per heavy atom. The molecular formula is C12H18N2O3S. The van der Waals surface area contributed by atoms with E-state index in [1.165, 1.54) is 16.2 Å². The van der Waals surface area contributed by atoms with E-state index in [0.29, 0.717) is 11.4 Å². The summed E-state index contributed by atoms with van der Waals surface area (Å²) < 4.78 is 0. The topological polar surface area (TPSA) is 69.6 Å². The number of rotatable bonds is 6. The molecule has 0 aromatic carbocycles. The second-order valence-corrected chi connectivity index (χ2v) is 5.18. The zero-order chi connectivity index (χ0) is 13.5. The van der Waals surface area contributed by atoms with Gasteiger partial charge in [0.25, 0.3) is 5.91 Å². The van der Waals surface area contributed by atoms with E-state index in [9.17, 15) is 9.59 Å². The Morgan fingerprint density at radius 1 is 1.56 bits per heavy atom. The molecule has 18 heavy (non-hydrogen) atoms. The minimum Gasteiger partial charge on any atom is -0.396 e. The number of aliphatic hydroxyl groups excluding tert-OH is 1. The van der Waals surface area contributed by atoms with E-state index in [2.05, 4.69) is 5.32 Å². The molecular weight excluding hydrogens is 252 g/mol. The Morgan fingerprint density at radius 2 is 2.28 bits per heavy atom. The van der Waals surface area contributed by atoms with Crippen molar-refractivity contribution >= 4 is 23.2 Å². The molecule has 0 aliphatic carbocycles. The second-order valence-electron chi connectivity index (χ2n) is 4.23. The number of carbonyl (C=O) groups excluding carboxylic acids is 2. The third-order valence-corrected chi connectivity index (χ3v) is 3.28. The van der Waals surface area contributed by atoms with Crippen molar-refractivity contribution in [2.24, 2.45) is 5.92 Å². The van der Waals surface area contributed by atoms with Crippen LogP contribution < -0.4 is 5.32 Å². The molecule has 0 aliphatic heterocycles. The summed E-state index contributed by atoms with van der Waals surface area (Å²) in [6, 6.07) is 3.53. The Balaban J connectivity index is 2.38. The highest BCUT2D eigenvalue weighted by molar-refractivity contribution is 7.12. The number of hydrogen-bond donors (Lipinski definition) is 2. The standard InChI is InChI=1S/C12H18N2O3S/c1-9(8-15)6-13-11(16)7-14(2)12(17)10-4-3-5-18-10/h3-5,9,15H,6-8H2,1-2H3,(H,13,16). The summed E-state index contributed by atoms with van der Waals surface area (Å²) in [5.41, 5.74) is 0. The van der Waals surface area contributed by atoms with Crippen molar-refractivity contribution in [3.8, 4) is 0 Å². The van der Waals surface area contributed by atoms with E-state index in [4.69, 9.17) is 5.11 Å². The molecule has 1 aromatic rings. The van der Waals surface area contributed by atoms with Gasteiger partial charge in [0.15, 0.2) is 0 Å². The van der Waals surface area contributed by atoms with Crippen molar-refractivity contribution in [2.75, 3.05) is 26.7 Å². The molecule has 100 valence electrons. The summed E-state index contributed by atoms with van der Waals surface area (Å²) in [6.07, 6.45) is 0. The van der Waals surface area contributed by atoms with Gasteiger partial charge in [-0.1, -0.05) is 13.0 Å². The Labute approximate surface area is 110 Å². The van der Waals surface area contributed by atoms with Crippen LogP contribution in [0.25, 0.3) is 0 Å². The van der Waals surface area contributed by atoms with E-state index < -0.39 is 0 Å². The predicted octanol–water partition coefficient (Wildman–Crippen LogP) is 0.565. The Kier molecular flexibility index (Phi) is 5.80. The van der Waals surface area contributed by atoms with Crippen molar-refractivity contribution in [2.45, 2.75) is 6.92 Å². The van der Waals surface area contributed by atoms with Gasteiger partial charge in [-0.3, -0.25) is 9.59 Å². The molecule has 1 atom stereocenters. The van der Waals surface area contributed by atoms with Gasteiger partial charge in [-0.05, 0) is 17.4 Å². The summed E-state index contributed by atoms with van der Waals surface area (Å²) in [4.78, 5) is 25.4. The molecule has 0 fully saturated rings. The largest absolute Gasteiger partial charge is 0.396 e. The number of amides is 2. The van der Waals surface area contributed by atoms with Gasteiger partial charge in [0.05, 0.1) is 11.4 Å². The average molecular weight is 270 g/mol. The van der Waals surface area contributed by atoms with Crippen molar-refractivity contribution in [3.63, 3.8) is 0 Å². The maximum atomic E-state index is 11.9. The van der Waals surface area contributed by atoms with Crippen LogP contribution in [0.1, 0.15) is 16.6 Å². The Bertz CT molecular complexity index is 392. The number of thiophene rings is 1. The third kappa shape index (κ3) is 4.46. The van der Waals surface area contributed by atoms with Crippen molar-refractivity contribution in [1.82, 2.24) is 10.2 Å². The summed E-state index contributed by atoms with van der Waals surface area (Å²) in [7, 11) is 1.59. The number of nitrogens with one attached hydrogen (secondary N) is 1. The van der Waals surface area contributed by atoms with Gasteiger partial charge in [0.2, 0.25) is 5.91 Å².